The lowest BCUT2D eigenvalue weighted by Crippen LogP contribution is -2.54. The lowest BCUT2D eigenvalue weighted by atomic mass is 9.76. The topological polar surface area (TPSA) is 75.6 Å². The number of amides is 1. The van der Waals surface area contributed by atoms with E-state index in [1.54, 1.807) is 20.8 Å². The predicted octanol–water partition coefficient (Wildman–Crippen LogP) is 4.11. The molecule has 2 N–H and O–H groups in total. The highest BCUT2D eigenvalue weighted by Crippen LogP contribution is 2.41. The number of carbonyl (C=O) groups is 2. The Morgan fingerprint density at radius 2 is 1.58 bits per heavy atom. The van der Waals surface area contributed by atoms with Crippen LogP contribution in [0.15, 0.2) is 0 Å². The Bertz CT molecular complexity index is 465. The first-order valence-electron chi connectivity index (χ1n) is 8.04. The van der Waals surface area contributed by atoms with Gasteiger partial charge in [0.05, 0.1) is 5.92 Å². The van der Waals surface area contributed by atoms with E-state index in [1.807, 2.05) is 0 Å². The molecular formula is C16H26F3NO4. The highest BCUT2D eigenvalue weighted by atomic mass is 19.4. The molecule has 1 amide bonds. The third-order valence-electron chi connectivity index (χ3n) is 4.26. The molecule has 1 fully saturated rings. The molecule has 0 spiro atoms. The highest BCUT2D eigenvalue weighted by molar-refractivity contribution is 5.84. The summed E-state index contributed by atoms with van der Waals surface area (Å²) in [6.45, 7) is 6.32. The maximum Gasteiger partial charge on any atom is 0.408 e. The van der Waals surface area contributed by atoms with E-state index >= 15 is 0 Å². The molecule has 0 bridgehead atoms. The molecule has 140 valence electrons. The van der Waals surface area contributed by atoms with Crippen molar-refractivity contribution < 1.29 is 32.6 Å². The second kappa shape index (κ2) is 7.19. The number of alkyl halides is 3. The predicted molar refractivity (Wildman–Crippen MR) is 81.5 cm³/mol. The molecule has 0 saturated heterocycles. The molecule has 1 atom stereocenters. The molecule has 0 radical (unpaired) electrons. The van der Waals surface area contributed by atoms with E-state index in [4.69, 9.17) is 4.74 Å². The Balaban J connectivity index is 2.67. The molecule has 1 aliphatic rings. The molecule has 0 aliphatic heterocycles. The van der Waals surface area contributed by atoms with Gasteiger partial charge in [-0.2, -0.15) is 13.2 Å². The monoisotopic (exact) mass is 353 g/mol. The lowest BCUT2D eigenvalue weighted by Gasteiger charge is -2.35. The molecule has 8 heteroatoms. The van der Waals surface area contributed by atoms with Crippen LogP contribution in [0.4, 0.5) is 18.0 Å². The van der Waals surface area contributed by atoms with Crippen molar-refractivity contribution >= 4 is 12.1 Å². The van der Waals surface area contributed by atoms with E-state index in [9.17, 15) is 27.9 Å². The summed E-state index contributed by atoms with van der Waals surface area (Å²) >= 11 is 0. The summed E-state index contributed by atoms with van der Waals surface area (Å²) in [6.07, 6.45) is -4.39. The highest BCUT2D eigenvalue weighted by Gasteiger charge is 2.44. The van der Waals surface area contributed by atoms with Crippen molar-refractivity contribution in [2.75, 3.05) is 0 Å². The zero-order chi connectivity index (χ0) is 18.8. The van der Waals surface area contributed by atoms with Crippen molar-refractivity contribution in [1.82, 2.24) is 5.32 Å². The molecule has 0 aromatic carbocycles. The summed E-state index contributed by atoms with van der Waals surface area (Å²) in [6, 6.07) is 0. The van der Waals surface area contributed by atoms with Gasteiger partial charge in [-0.3, -0.25) is 0 Å². The fourth-order valence-corrected chi connectivity index (χ4v) is 2.99. The number of carboxylic acids is 1. The largest absolute Gasteiger partial charge is 0.480 e. The van der Waals surface area contributed by atoms with Gasteiger partial charge in [0.1, 0.15) is 11.1 Å². The van der Waals surface area contributed by atoms with Crippen LogP contribution in [0.3, 0.4) is 0 Å². The maximum absolute atomic E-state index is 12.7. The summed E-state index contributed by atoms with van der Waals surface area (Å²) in [4.78, 5) is 23.4. The van der Waals surface area contributed by atoms with Gasteiger partial charge < -0.3 is 15.2 Å². The van der Waals surface area contributed by atoms with Crippen LogP contribution in [0.1, 0.15) is 59.8 Å². The minimum absolute atomic E-state index is 0.00367. The van der Waals surface area contributed by atoms with Crippen LogP contribution in [0.25, 0.3) is 0 Å². The number of carboxylic acid groups (broad SMARTS) is 1. The summed E-state index contributed by atoms with van der Waals surface area (Å²) < 4.78 is 43.2. The second-order valence-electron chi connectivity index (χ2n) is 7.73. The van der Waals surface area contributed by atoms with Gasteiger partial charge >= 0.3 is 18.2 Å². The first-order valence-corrected chi connectivity index (χ1v) is 8.04. The zero-order valence-electron chi connectivity index (χ0n) is 14.5. The molecule has 24 heavy (non-hydrogen) atoms. The van der Waals surface area contributed by atoms with Gasteiger partial charge in [0.15, 0.2) is 0 Å². The number of alkyl carbamates (subject to hydrolysis) is 1. The smallest absolute Gasteiger partial charge is 0.408 e. The Labute approximate surface area is 139 Å². The fraction of sp³-hybridized carbons (Fsp3) is 0.875. The second-order valence-corrected chi connectivity index (χ2v) is 7.73. The zero-order valence-corrected chi connectivity index (χ0v) is 14.5. The number of ether oxygens (including phenoxy) is 1. The third kappa shape index (κ3) is 6.20. The summed E-state index contributed by atoms with van der Waals surface area (Å²) in [5, 5.41) is 11.8. The van der Waals surface area contributed by atoms with E-state index in [0.717, 1.165) is 0 Å². The minimum atomic E-state index is -4.20. The van der Waals surface area contributed by atoms with Crippen LogP contribution in [-0.4, -0.2) is 34.5 Å². The Kier molecular flexibility index (Phi) is 6.16. The van der Waals surface area contributed by atoms with Crippen molar-refractivity contribution in [3.8, 4) is 0 Å². The van der Waals surface area contributed by atoms with Crippen LogP contribution in [0.2, 0.25) is 0 Å². The number of aliphatic carboxylic acids is 1. The van der Waals surface area contributed by atoms with Gasteiger partial charge in [0, 0.05) is 0 Å². The van der Waals surface area contributed by atoms with Crippen LogP contribution < -0.4 is 5.32 Å². The number of nitrogens with one attached hydrogen (secondary N) is 1. The van der Waals surface area contributed by atoms with Gasteiger partial charge in [0.2, 0.25) is 0 Å². The maximum atomic E-state index is 12.7. The third-order valence-corrected chi connectivity index (χ3v) is 4.26. The molecule has 0 aromatic rings. The number of hydrogen-bond donors (Lipinski definition) is 2. The lowest BCUT2D eigenvalue weighted by molar-refractivity contribution is -0.184. The van der Waals surface area contributed by atoms with Gasteiger partial charge in [-0.25, -0.2) is 9.59 Å². The number of halogens is 3. The van der Waals surface area contributed by atoms with E-state index in [-0.39, 0.29) is 25.2 Å². The van der Waals surface area contributed by atoms with E-state index in [0.29, 0.717) is 12.8 Å². The average Bonchev–Trinajstić information content (AvgIpc) is 2.35. The van der Waals surface area contributed by atoms with Crippen molar-refractivity contribution in [1.29, 1.82) is 0 Å². The van der Waals surface area contributed by atoms with Crippen LogP contribution >= 0.6 is 0 Å². The molecule has 1 rings (SSSR count). The quantitative estimate of drug-likeness (QED) is 0.797. The SMILES string of the molecule is CC(C)(C)OC(=O)NC(C)(C[C@H]1CC[C@H](C(F)(F)F)CC1)C(=O)O. The molecular weight excluding hydrogens is 327 g/mol. The van der Waals surface area contributed by atoms with Gasteiger partial charge in [-0.15, -0.1) is 0 Å². The van der Waals surface area contributed by atoms with Gasteiger partial charge in [0.25, 0.3) is 0 Å². The van der Waals surface area contributed by atoms with Crippen molar-refractivity contribution in [2.45, 2.75) is 77.1 Å². The van der Waals surface area contributed by atoms with Gasteiger partial charge in [-0.1, -0.05) is 0 Å². The van der Waals surface area contributed by atoms with E-state index < -0.39 is 35.3 Å². The molecule has 1 aliphatic carbocycles. The van der Waals surface area contributed by atoms with Crippen LogP contribution in [-0.2, 0) is 9.53 Å². The molecule has 0 heterocycles. The fourth-order valence-electron chi connectivity index (χ4n) is 2.99. The first kappa shape index (κ1) is 20.6. The van der Waals surface area contributed by atoms with E-state index in [1.165, 1.54) is 6.92 Å². The van der Waals surface area contributed by atoms with E-state index in [2.05, 4.69) is 5.32 Å². The number of hydrogen-bond acceptors (Lipinski definition) is 3. The Morgan fingerprint density at radius 1 is 1.08 bits per heavy atom. The average molecular weight is 353 g/mol. The first-order chi connectivity index (χ1) is 10.7. The molecule has 1 saturated carbocycles. The summed E-state index contributed by atoms with van der Waals surface area (Å²) in [5.74, 6) is -2.73. The summed E-state index contributed by atoms with van der Waals surface area (Å²) in [7, 11) is 0. The van der Waals surface area contributed by atoms with Crippen molar-refractivity contribution in [3.05, 3.63) is 0 Å². The Hall–Kier alpha value is -1.47. The number of rotatable bonds is 4. The van der Waals surface area contributed by atoms with Crippen molar-refractivity contribution in [3.63, 3.8) is 0 Å². The molecule has 1 unspecified atom stereocenters. The van der Waals surface area contributed by atoms with Crippen LogP contribution in [0.5, 0.6) is 0 Å². The normalized spacial score (nSPS) is 24.8. The molecule has 0 aromatic heterocycles. The van der Waals surface area contributed by atoms with Crippen LogP contribution in [0, 0.1) is 11.8 Å². The minimum Gasteiger partial charge on any atom is -0.480 e. The molecule has 5 nitrogen and oxygen atoms in total. The summed E-state index contributed by atoms with van der Waals surface area (Å²) in [5.41, 5.74) is -2.34. The van der Waals surface area contributed by atoms with Crippen molar-refractivity contribution in [2.24, 2.45) is 11.8 Å². The van der Waals surface area contributed by atoms with Gasteiger partial charge in [-0.05, 0) is 65.7 Å². The number of carbonyl (C=O) groups excluding carboxylic acids is 1. The Morgan fingerprint density at radius 3 is 1.96 bits per heavy atom. The standard InChI is InChI=1S/C16H26F3NO4/c1-14(2,3)24-13(23)20-15(4,12(21)22)9-10-5-7-11(8-6-10)16(17,18)19/h10-11H,5-9H2,1-4H3,(H,20,23)(H,21,22)/t10-,11-,15?.